The number of carboxylic acids is 2. The molecule has 5 heteroatoms. The normalized spacial score (nSPS) is 5.56. The fraction of sp³-hybridized carbons (Fsp3) is 0.500. The van der Waals surface area contributed by atoms with Crippen molar-refractivity contribution in [1.82, 2.24) is 0 Å². The van der Waals surface area contributed by atoms with Gasteiger partial charge in [-0.25, -0.2) is 0 Å². The number of hydrogen-bond donors (Lipinski definition) is 0. The summed E-state index contributed by atoms with van der Waals surface area (Å²) < 4.78 is 0. The Morgan fingerprint density at radius 3 is 1.00 bits per heavy atom. The molecule has 0 aliphatic carbocycles. The van der Waals surface area contributed by atoms with Crippen LogP contribution >= 0.6 is 0 Å². The van der Waals surface area contributed by atoms with Gasteiger partial charge in [0.1, 0.15) is 0 Å². The van der Waals surface area contributed by atoms with Crippen LogP contribution in [0.4, 0.5) is 0 Å². The summed E-state index contributed by atoms with van der Waals surface area (Å²) in [5, 5.41) is 17.8. The average molecular weight is 221 g/mol. The zero-order valence-corrected chi connectivity index (χ0v) is 6.61. The van der Waals surface area contributed by atoms with Gasteiger partial charge in [0.15, 0.2) is 0 Å². The summed E-state index contributed by atoms with van der Waals surface area (Å²) in [6, 6.07) is 0. The van der Waals surface area contributed by atoms with E-state index in [4.69, 9.17) is 19.8 Å². The molecule has 0 amide bonds. The molecule has 0 bridgehead atoms. The predicted octanol–water partition coefficient (Wildman–Crippen LogP) is -2.49. The molecule has 55 valence electrons. The van der Waals surface area contributed by atoms with Gasteiger partial charge in [-0.2, -0.15) is 0 Å². The van der Waals surface area contributed by atoms with Crippen molar-refractivity contribution in [2.75, 3.05) is 0 Å². The fourth-order valence-electron chi connectivity index (χ4n) is 0. The van der Waals surface area contributed by atoms with Crippen molar-refractivity contribution < 1.29 is 39.3 Å². The first-order chi connectivity index (χ1) is 3.46. The van der Waals surface area contributed by atoms with Crippen molar-refractivity contribution >= 4 is 11.9 Å². The zero-order chi connectivity index (χ0) is 7.15. The van der Waals surface area contributed by atoms with Gasteiger partial charge in [-0.1, -0.05) is 0 Å². The van der Waals surface area contributed by atoms with E-state index in [-0.39, 0.29) is 19.5 Å². The van der Waals surface area contributed by atoms with Crippen LogP contribution in [-0.2, 0) is 29.1 Å². The van der Waals surface area contributed by atoms with Gasteiger partial charge in [0, 0.05) is 11.9 Å². The summed E-state index contributed by atoms with van der Waals surface area (Å²) in [7, 11) is 0. The minimum atomic E-state index is -1.08. The zero-order valence-electron chi connectivity index (χ0n) is 4.97. The van der Waals surface area contributed by atoms with Crippen LogP contribution in [0.5, 0.6) is 0 Å². The molecule has 0 N–H and O–H groups in total. The summed E-state index contributed by atoms with van der Waals surface area (Å²) in [6.45, 7) is 1.94. The molecule has 0 spiro atoms. The molecule has 0 aromatic carbocycles. The van der Waals surface area contributed by atoms with Crippen LogP contribution < -0.4 is 10.2 Å². The molecule has 0 fully saturated rings. The molecule has 0 aliphatic rings. The molecule has 0 heterocycles. The van der Waals surface area contributed by atoms with Crippen LogP contribution in [0.2, 0.25) is 0 Å². The number of aliphatic carboxylic acids is 2. The third-order valence-electron chi connectivity index (χ3n) is 0. The van der Waals surface area contributed by atoms with Crippen LogP contribution in [0.15, 0.2) is 0 Å². The molecule has 0 atom stereocenters. The van der Waals surface area contributed by atoms with E-state index in [1.165, 1.54) is 0 Å². The van der Waals surface area contributed by atoms with Gasteiger partial charge in [-0.05, 0) is 13.8 Å². The molecule has 0 saturated carbocycles. The van der Waals surface area contributed by atoms with Gasteiger partial charge in [0.25, 0.3) is 0 Å². The van der Waals surface area contributed by atoms with Crippen molar-refractivity contribution in [1.29, 1.82) is 0 Å². The van der Waals surface area contributed by atoms with Crippen LogP contribution in [0.25, 0.3) is 0 Å². The predicted molar refractivity (Wildman–Crippen MR) is 21.4 cm³/mol. The Kier molecular flexibility index (Phi) is 18.5. The Balaban J connectivity index is -0.0000000720. The molecule has 0 aromatic heterocycles. The largest absolute Gasteiger partial charge is 2.00 e. The smallest absolute Gasteiger partial charge is 0.550 e. The second-order valence-corrected chi connectivity index (χ2v) is 0.983. The second-order valence-electron chi connectivity index (χ2n) is 0.983. The van der Waals surface area contributed by atoms with Gasteiger partial charge in [0.05, 0.1) is 0 Å². The average Bonchev–Trinajstić information content (AvgIpc) is 1.25. The van der Waals surface area contributed by atoms with E-state index in [1.54, 1.807) is 0 Å². The number of hydrogen-bond acceptors (Lipinski definition) is 4. The molecular weight excluding hydrogens is 215 g/mol. The van der Waals surface area contributed by atoms with Crippen LogP contribution in [0.1, 0.15) is 13.8 Å². The first-order valence-corrected chi connectivity index (χ1v) is 1.82. The van der Waals surface area contributed by atoms with Crippen molar-refractivity contribution in [3.8, 4) is 0 Å². The van der Waals surface area contributed by atoms with E-state index in [9.17, 15) is 0 Å². The van der Waals surface area contributed by atoms with Gasteiger partial charge in [0.2, 0.25) is 0 Å². The Bertz CT molecular complexity index is 70.6. The monoisotopic (exact) mass is 221 g/mol. The summed E-state index contributed by atoms with van der Waals surface area (Å²) in [6.07, 6.45) is 0. The first-order valence-electron chi connectivity index (χ1n) is 1.82. The summed E-state index contributed by atoms with van der Waals surface area (Å²) in [5.74, 6) is -2.17. The molecule has 9 heavy (non-hydrogen) atoms. The SMILES string of the molecule is CC(=O)[O-].CC(=O)[O-].[Rh+2]. The number of carbonyl (C=O) groups excluding carboxylic acids is 2. The van der Waals surface area contributed by atoms with Crippen molar-refractivity contribution in [2.24, 2.45) is 0 Å². The first kappa shape index (κ1) is 15.8. The standard InChI is InChI=1S/2C2H4O2.Rh/c2*1-2(3)4;/h2*1H3,(H,3,4);/q;;+2/p-2. The van der Waals surface area contributed by atoms with E-state index < -0.39 is 11.9 Å². The van der Waals surface area contributed by atoms with Crippen LogP contribution in [0.3, 0.4) is 0 Å². The third-order valence-corrected chi connectivity index (χ3v) is 0. The van der Waals surface area contributed by atoms with Gasteiger partial charge < -0.3 is 19.8 Å². The number of rotatable bonds is 0. The Morgan fingerprint density at radius 2 is 1.00 bits per heavy atom. The molecule has 0 unspecified atom stereocenters. The third kappa shape index (κ3) is 1230. The molecule has 1 radical (unpaired) electrons. The Morgan fingerprint density at radius 1 is 1.00 bits per heavy atom. The van der Waals surface area contributed by atoms with E-state index in [0.29, 0.717) is 0 Å². The Hall–Kier alpha value is -0.437. The quantitative estimate of drug-likeness (QED) is 0.424. The molecule has 0 aliphatic heterocycles. The topological polar surface area (TPSA) is 80.3 Å². The second kappa shape index (κ2) is 10.5. The number of carbonyl (C=O) groups is 2. The van der Waals surface area contributed by atoms with Crippen molar-refractivity contribution in [3.63, 3.8) is 0 Å². The van der Waals surface area contributed by atoms with Gasteiger partial charge in [-0.3, -0.25) is 0 Å². The van der Waals surface area contributed by atoms with Crippen molar-refractivity contribution in [2.45, 2.75) is 13.8 Å². The van der Waals surface area contributed by atoms with Gasteiger partial charge in [-0.15, -0.1) is 0 Å². The van der Waals surface area contributed by atoms with E-state index in [1.807, 2.05) is 0 Å². The minimum Gasteiger partial charge on any atom is -0.550 e. The fourth-order valence-corrected chi connectivity index (χ4v) is 0. The minimum absolute atomic E-state index is 0. The van der Waals surface area contributed by atoms with E-state index in [2.05, 4.69) is 0 Å². The summed E-state index contributed by atoms with van der Waals surface area (Å²) >= 11 is 0. The van der Waals surface area contributed by atoms with Crippen LogP contribution in [0, 0.1) is 0 Å². The summed E-state index contributed by atoms with van der Waals surface area (Å²) in [5.41, 5.74) is 0. The maximum absolute atomic E-state index is 8.89. The number of carboxylic acid groups (broad SMARTS) is 2. The van der Waals surface area contributed by atoms with Crippen LogP contribution in [-0.4, -0.2) is 11.9 Å². The van der Waals surface area contributed by atoms with E-state index in [0.717, 1.165) is 13.8 Å². The molecular formula is C4H6O4Rh. The molecule has 4 nitrogen and oxygen atoms in total. The van der Waals surface area contributed by atoms with E-state index >= 15 is 0 Å². The summed E-state index contributed by atoms with van der Waals surface area (Å²) in [4.78, 5) is 17.8. The maximum Gasteiger partial charge on any atom is 2.00 e. The molecule has 0 saturated heterocycles. The maximum atomic E-state index is 8.89. The van der Waals surface area contributed by atoms with Gasteiger partial charge >= 0.3 is 19.5 Å². The Labute approximate surface area is 65.6 Å². The van der Waals surface area contributed by atoms with Crippen molar-refractivity contribution in [3.05, 3.63) is 0 Å². The molecule has 0 rings (SSSR count). The molecule has 0 aromatic rings.